The van der Waals surface area contributed by atoms with Gasteiger partial charge in [-0.3, -0.25) is 14.6 Å². The summed E-state index contributed by atoms with van der Waals surface area (Å²) in [5.74, 6) is 0.232. The molecule has 90 valence electrons. The van der Waals surface area contributed by atoms with Crippen LogP contribution in [0.5, 0.6) is 5.75 Å². The fourth-order valence-electron chi connectivity index (χ4n) is 1.74. The molecule has 0 aliphatic carbocycles. The molecule has 0 aliphatic rings. The molecule has 2 aromatic rings. The summed E-state index contributed by atoms with van der Waals surface area (Å²) in [4.78, 5) is 11.1. The van der Waals surface area contributed by atoms with Gasteiger partial charge in [0.15, 0.2) is 0 Å². The monoisotopic (exact) mass is 233 g/mol. The number of phenolic OH excluding ortho intramolecular Hbond substituents is 1. The number of anilines is 1. The van der Waals surface area contributed by atoms with Gasteiger partial charge in [0.2, 0.25) is 0 Å². The van der Waals surface area contributed by atoms with Crippen LogP contribution in [0.1, 0.15) is 11.3 Å². The van der Waals surface area contributed by atoms with Gasteiger partial charge in [0, 0.05) is 24.9 Å². The predicted octanol–water partition coefficient (Wildman–Crippen LogP) is 1.34. The lowest BCUT2D eigenvalue weighted by Crippen LogP contribution is -2.06. The van der Waals surface area contributed by atoms with E-state index in [-0.39, 0.29) is 11.3 Å². The Morgan fingerprint density at radius 3 is 2.71 bits per heavy atom. The molecule has 0 amide bonds. The van der Waals surface area contributed by atoms with Crippen LogP contribution in [-0.2, 0) is 13.6 Å². The Hall–Kier alpha value is -2.17. The predicted molar refractivity (Wildman–Crippen MR) is 66.2 cm³/mol. The molecule has 5 heteroatoms. The number of hydrogen-bond donors (Lipinski definition) is 3. The molecule has 1 aromatic heterocycles. The number of rotatable bonds is 3. The molecule has 3 N–H and O–H groups in total. The van der Waals surface area contributed by atoms with Crippen molar-refractivity contribution in [3.8, 4) is 5.75 Å². The lowest BCUT2D eigenvalue weighted by atomic mass is 10.2. The molecule has 0 saturated heterocycles. The molecule has 1 heterocycles. The van der Waals surface area contributed by atoms with E-state index in [0.717, 1.165) is 16.9 Å². The summed E-state index contributed by atoms with van der Waals surface area (Å²) in [6, 6.07) is 6.82. The van der Waals surface area contributed by atoms with Crippen LogP contribution < -0.4 is 10.9 Å². The van der Waals surface area contributed by atoms with E-state index in [1.807, 2.05) is 13.0 Å². The average Bonchev–Trinajstić information content (AvgIpc) is 2.53. The van der Waals surface area contributed by atoms with Crippen molar-refractivity contribution in [2.75, 3.05) is 5.32 Å². The van der Waals surface area contributed by atoms with Gasteiger partial charge in [0.05, 0.1) is 12.2 Å². The SMILES string of the molecule is Cc1cc(O)cc(NCc2cc(=O)[nH]n2C)c1. The highest BCUT2D eigenvalue weighted by atomic mass is 16.3. The van der Waals surface area contributed by atoms with Crippen LogP contribution >= 0.6 is 0 Å². The topological polar surface area (TPSA) is 70.1 Å². The number of hydrogen-bond acceptors (Lipinski definition) is 3. The second-order valence-electron chi connectivity index (χ2n) is 4.08. The van der Waals surface area contributed by atoms with Crippen molar-refractivity contribution >= 4 is 5.69 Å². The molecule has 0 radical (unpaired) electrons. The molecular weight excluding hydrogens is 218 g/mol. The van der Waals surface area contributed by atoms with Crippen molar-refractivity contribution < 1.29 is 5.11 Å². The Kier molecular flexibility index (Phi) is 2.91. The van der Waals surface area contributed by atoms with E-state index < -0.39 is 0 Å². The standard InChI is InChI=1S/C12H15N3O2/c1-8-3-9(5-11(16)4-8)13-7-10-6-12(17)14-15(10)2/h3-6,13,16H,7H2,1-2H3,(H,14,17). The molecular formula is C12H15N3O2. The number of phenols is 1. The zero-order valence-electron chi connectivity index (χ0n) is 9.82. The van der Waals surface area contributed by atoms with Gasteiger partial charge in [0.25, 0.3) is 5.56 Å². The van der Waals surface area contributed by atoms with Crippen LogP contribution in [-0.4, -0.2) is 14.9 Å². The molecule has 17 heavy (non-hydrogen) atoms. The third-order valence-corrected chi connectivity index (χ3v) is 2.54. The molecule has 5 nitrogen and oxygen atoms in total. The van der Waals surface area contributed by atoms with E-state index in [9.17, 15) is 9.90 Å². The van der Waals surface area contributed by atoms with Crippen molar-refractivity contribution in [2.45, 2.75) is 13.5 Å². The van der Waals surface area contributed by atoms with Gasteiger partial charge >= 0.3 is 0 Å². The van der Waals surface area contributed by atoms with E-state index in [4.69, 9.17) is 0 Å². The van der Waals surface area contributed by atoms with E-state index in [2.05, 4.69) is 10.4 Å². The van der Waals surface area contributed by atoms with Crippen LogP contribution in [0.2, 0.25) is 0 Å². The number of H-pyrrole nitrogens is 1. The first-order valence-electron chi connectivity index (χ1n) is 5.34. The molecule has 2 rings (SSSR count). The lowest BCUT2D eigenvalue weighted by molar-refractivity contribution is 0.475. The molecule has 0 bridgehead atoms. The minimum atomic E-state index is -0.114. The molecule has 0 fully saturated rings. The Morgan fingerprint density at radius 1 is 1.35 bits per heavy atom. The number of aryl methyl sites for hydroxylation is 2. The number of aromatic hydroxyl groups is 1. The molecule has 1 aromatic carbocycles. The number of benzene rings is 1. The molecule has 0 spiro atoms. The minimum Gasteiger partial charge on any atom is -0.508 e. The first kappa shape index (κ1) is 11.3. The van der Waals surface area contributed by atoms with Crippen LogP contribution in [0.15, 0.2) is 29.1 Å². The zero-order chi connectivity index (χ0) is 12.4. The van der Waals surface area contributed by atoms with Gasteiger partial charge in [-0.2, -0.15) is 0 Å². The van der Waals surface area contributed by atoms with Crippen LogP contribution in [0.3, 0.4) is 0 Å². The number of nitrogens with one attached hydrogen (secondary N) is 2. The smallest absolute Gasteiger partial charge is 0.264 e. The van der Waals surface area contributed by atoms with Crippen molar-refractivity contribution in [1.29, 1.82) is 0 Å². The lowest BCUT2D eigenvalue weighted by Gasteiger charge is -2.08. The van der Waals surface area contributed by atoms with Crippen LogP contribution in [0, 0.1) is 6.92 Å². The maximum absolute atomic E-state index is 11.1. The van der Waals surface area contributed by atoms with Gasteiger partial charge < -0.3 is 10.4 Å². The summed E-state index contributed by atoms with van der Waals surface area (Å²) in [5, 5.41) is 15.2. The highest BCUT2D eigenvalue weighted by molar-refractivity contribution is 5.50. The van der Waals surface area contributed by atoms with Gasteiger partial charge in [-0.15, -0.1) is 0 Å². The largest absolute Gasteiger partial charge is 0.508 e. The summed E-state index contributed by atoms with van der Waals surface area (Å²) in [6.45, 7) is 2.44. The average molecular weight is 233 g/mol. The number of nitrogens with zero attached hydrogens (tertiary/aromatic N) is 1. The van der Waals surface area contributed by atoms with Gasteiger partial charge in [-0.25, -0.2) is 0 Å². The fraction of sp³-hybridized carbons (Fsp3) is 0.250. The van der Waals surface area contributed by atoms with Crippen molar-refractivity contribution in [2.24, 2.45) is 7.05 Å². The number of aromatic nitrogens is 2. The van der Waals surface area contributed by atoms with E-state index in [1.54, 1.807) is 29.9 Å². The Bertz CT molecular complexity index is 563. The summed E-state index contributed by atoms with van der Waals surface area (Å²) >= 11 is 0. The first-order chi connectivity index (χ1) is 8.04. The summed E-state index contributed by atoms with van der Waals surface area (Å²) in [5.41, 5.74) is 2.55. The molecule has 0 saturated carbocycles. The van der Waals surface area contributed by atoms with Crippen LogP contribution in [0.25, 0.3) is 0 Å². The molecule has 0 unspecified atom stereocenters. The Morgan fingerprint density at radius 2 is 2.12 bits per heavy atom. The van der Waals surface area contributed by atoms with Gasteiger partial charge in [-0.05, 0) is 24.6 Å². The Labute approximate surface area is 98.7 Å². The summed E-state index contributed by atoms with van der Waals surface area (Å²) in [6.07, 6.45) is 0. The number of aromatic amines is 1. The quantitative estimate of drug-likeness (QED) is 0.749. The van der Waals surface area contributed by atoms with Crippen molar-refractivity contribution in [1.82, 2.24) is 9.78 Å². The van der Waals surface area contributed by atoms with Crippen molar-refractivity contribution in [3.63, 3.8) is 0 Å². The van der Waals surface area contributed by atoms with Gasteiger partial charge in [0.1, 0.15) is 5.75 Å². The fourth-order valence-corrected chi connectivity index (χ4v) is 1.74. The van der Waals surface area contributed by atoms with Gasteiger partial charge in [-0.1, -0.05) is 0 Å². The third-order valence-electron chi connectivity index (χ3n) is 2.54. The van der Waals surface area contributed by atoms with E-state index >= 15 is 0 Å². The second kappa shape index (κ2) is 4.37. The third kappa shape index (κ3) is 2.69. The normalized spacial score (nSPS) is 10.5. The minimum absolute atomic E-state index is 0.114. The maximum Gasteiger partial charge on any atom is 0.264 e. The molecule has 0 atom stereocenters. The first-order valence-corrected chi connectivity index (χ1v) is 5.34. The van der Waals surface area contributed by atoms with E-state index in [1.165, 1.54) is 0 Å². The summed E-state index contributed by atoms with van der Waals surface area (Å²) < 4.78 is 1.67. The van der Waals surface area contributed by atoms with E-state index in [0.29, 0.717) is 6.54 Å². The maximum atomic E-state index is 11.1. The summed E-state index contributed by atoms with van der Waals surface area (Å²) in [7, 11) is 1.78. The van der Waals surface area contributed by atoms with Crippen molar-refractivity contribution in [3.05, 3.63) is 45.9 Å². The molecule has 0 aliphatic heterocycles. The Balaban J connectivity index is 2.12. The zero-order valence-corrected chi connectivity index (χ0v) is 9.82. The highest BCUT2D eigenvalue weighted by Crippen LogP contribution is 2.19. The van der Waals surface area contributed by atoms with Crippen LogP contribution in [0.4, 0.5) is 5.69 Å². The second-order valence-corrected chi connectivity index (χ2v) is 4.08. The highest BCUT2D eigenvalue weighted by Gasteiger charge is 2.02.